The number of carbonyl (C=O) groups excluding carboxylic acids is 1. The molecule has 1 aliphatic rings. The molecule has 2 N–H and O–H groups in total. The van der Waals surface area contributed by atoms with Crippen molar-refractivity contribution in [3.8, 4) is 11.5 Å². The molecule has 0 aliphatic carbocycles. The van der Waals surface area contributed by atoms with E-state index in [1.165, 1.54) is 0 Å². The third kappa shape index (κ3) is 3.68. The Bertz CT molecular complexity index is 688. The molecule has 23 heavy (non-hydrogen) atoms. The van der Waals surface area contributed by atoms with E-state index in [-0.39, 0.29) is 11.6 Å². The van der Waals surface area contributed by atoms with Gasteiger partial charge in [0.2, 0.25) is 0 Å². The summed E-state index contributed by atoms with van der Waals surface area (Å²) in [5, 5.41) is 13.5. The summed E-state index contributed by atoms with van der Waals surface area (Å²) in [4.78, 5) is 11.4. The summed E-state index contributed by atoms with van der Waals surface area (Å²) >= 11 is 0. The molecule has 1 aliphatic heterocycles. The van der Waals surface area contributed by atoms with E-state index in [1.54, 1.807) is 19.2 Å². The van der Waals surface area contributed by atoms with E-state index < -0.39 is 0 Å². The van der Waals surface area contributed by atoms with Gasteiger partial charge >= 0.3 is 0 Å². The topological polar surface area (TPSA) is 85.4 Å². The number of fused-ring (bicyclic) bond motifs is 1. The second-order valence-electron chi connectivity index (χ2n) is 5.07. The van der Waals surface area contributed by atoms with Crippen molar-refractivity contribution >= 4 is 11.7 Å². The molecule has 120 valence electrons. The van der Waals surface area contributed by atoms with Gasteiger partial charge in [-0.2, -0.15) is 0 Å². The van der Waals surface area contributed by atoms with Crippen LogP contribution in [-0.2, 0) is 6.54 Å². The lowest BCUT2D eigenvalue weighted by atomic mass is 10.2. The summed E-state index contributed by atoms with van der Waals surface area (Å²) in [6, 6.07) is 9.20. The maximum absolute atomic E-state index is 11.4. The molecule has 3 rings (SSSR count). The summed E-state index contributed by atoms with van der Waals surface area (Å²) in [5.41, 5.74) is 1.33. The van der Waals surface area contributed by atoms with Crippen LogP contribution in [-0.4, -0.2) is 36.4 Å². The van der Waals surface area contributed by atoms with Crippen LogP contribution in [0.5, 0.6) is 11.5 Å². The highest BCUT2D eigenvalue weighted by atomic mass is 16.5. The monoisotopic (exact) mass is 314 g/mol. The molecule has 7 heteroatoms. The molecule has 2 heterocycles. The predicted octanol–water partition coefficient (Wildman–Crippen LogP) is 1.61. The number of ether oxygens (including phenoxy) is 2. The summed E-state index contributed by atoms with van der Waals surface area (Å²) < 4.78 is 11.3. The molecular formula is C16H18N4O3. The number of carbonyl (C=O) groups is 1. The Kier molecular flexibility index (Phi) is 4.56. The van der Waals surface area contributed by atoms with Gasteiger partial charge in [0, 0.05) is 20.0 Å². The van der Waals surface area contributed by atoms with Crippen molar-refractivity contribution in [2.75, 3.05) is 25.6 Å². The normalized spacial score (nSPS) is 13.1. The lowest BCUT2D eigenvalue weighted by Gasteiger charge is -2.10. The number of hydrogen-bond acceptors (Lipinski definition) is 6. The molecule has 1 aromatic carbocycles. The number of anilines is 1. The van der Waals surface area contributed by atoms with Crippen LogP contribution in [0, 0.1) is 0 Å². The first-order valence-corrected chi connectivity index (χ1v) is 7.44. The Morgan fingerprint density at radius 2 is 1.96 bits per heavy atom. The van der Waals surface area contributed by atoms with Crippen LogP contribution in [0.15, 0.2) is 30.3 Å². The number of nitrogens with zero attached hydrogens (tertiary/aromatic N) is 2. The van der Waals surface area contributed by atoms with Gasteiger partial charge in [-0.15, -0.1) is 10.2 Å². The third-order valence-corrected chi connectivity index (χ3v) is 3.41. The summed E-state index contributed by atoms with van der Waals surface area (Å²) in [7, 11) is 1.56. The fraction of sp³-hybridized carbons (Fsp3) is 0.312. The molecule has 7 nitrogen and oxygen atoms in total. The van der Waals surface area contributed by atoms with Gasteiger partial charge in [0.25, 0.3) is 5.91 Å². The molecule has 0 bridgehead atoms. The molecule has 0 unspecified atom stereocenters. The van der Waals surface area contributed by atoms with Gasteiger partial charge in [0.1, 0.15) is 5.82 Å². The standard InChI is InChI=1S/C16H18N4O3/c1-17-16(21)12-4-6-15(20-19-12)18-10-11-3-5-13-14(9-11)23-8-2-7-22-13/h3-6,9H,2,7-8,10H2,1H3,(H,17,21)(H,18,20). The molecular weight excluding hydrogens is 296 g/mol. The van der Waals surface area contributed by atoms with E-state index in [0.717, 1.165) is 23.5 Å². The number of amides is 1. The van der Waals surface area contributed by atoms with E-state index in [1.807, 2.05) is 18.2 Å². The smallest absolute Gasteiger partial charge is 0.271 e. The minimum atomic E-state index is -0.257. The fourth-order valence-corrected chi connectivity index (χ4v) is 2.19. The number of nitrogens with one attached hydrogen (secondary N) is 2. The Morgan fingerprint density at radius 3 is 2.70 bits per heavy atom. The summed E-state index contributed by atoms with van der Waals surface area (Å²) in [5.74, 6) is 1.89. The zero-order valence-corrected chi connectivity index (χ0v) is 12.8. The predicted molar refractivity (Wildman–Crippen MR) is 84.8 cm³/mol. The zero-order valence-electron chi connectivity index (χ0n) is 12.8. The van der Waals surface area contributed by atoms with Gasteiger partial charge in [-0.3, -0.25) is 4.79 Å². The van der Waals surface area contributed by atoms with Crippen LogP contribution in [0.25, 0.3) is 0 Å². The van der Waals surface area contributed by atoms with E-state index >= 15 is 0 Å². The number of benzene rings is 1. The van der Waals surface area contributed by atoms with Gasteiger partial charge in [-0.05, 0) is 29.8 Å². The van der Waals surface area contributed by atoms with Gasteiger partial charge in [-0.25, -0.2) is 0 Å². The Hall–Kier alpha value is -2.83. The minimum Gasteiger partial charge on any atom is -0.490 e. The molecule has 0 spiro atoms. The van der Waals surface area contributed by atoms with Gasteiger partial charge < -0.3 is 20.1 Å². The van der Waals surface area contributed by atoms with Crippen molar-refractivity contribution in [3.63, 3.8) is 0 Å². The SMILES string of the molecule is CNC(=O)c1ccc(NCc2ccc3c(c2)OCCCO3)nn1. The molecule has 2 aromatic rings. The van der Waals surface area contributed by atoms with E-state index in [4.69, 9.17) is 9.47 Å². The van der Waals surface area contributed by atoms with Gasteiger partial charge in [0.05, 0.1) is 13.2 Å². The van der Waals surface area contributed by atoms with Crippen molar-refractivity contribution in [3.05, 3.63) is 41.6 Å². The summed E-state index contributed by atoms with van der Waals surface area (Å²) in [6.07, 6.45) is 0.884. The first-order valence-electron chi connectivity index (χ1n) is 7.44. The van der Waals surface area contributed by atoms with Crippen molar-refractivity contribution in [1.82, 2.24) is 15.5 Å². The molecule has 0 fully saturated rings. The lowest BCUT2D eigenvalue weighted by molar-refractivity contribution is 0.0957. The maximum Gasteiger partial charge on any atom is 0.271 e. The Balaban J connectivity index is 1.64. The summed E-state index contributed by atoms with van der Waals surface area (Å²) in [6.45, 7) is 1.92. The highest BCUT2D eigenvalue weighted by Crippen LogP contribution is 2.30. The van der Waals surface area contributed by atoms with E-state index in [2.05, 4.69) is 20.8 Å². The largest absolute Gasteiger partial charge is 0.490 e. The van der Waals surface area contributed by atoms with Crippen molar-refractivity contribution < 1.29 is 14.3 Å². The average Bonchev–Trinajstić information content (AvgIpc) is 2.84. The average molecular weight is 314 g/mol. The molecule has 0 saturated carbocycles. The lowest BCUT2D eigenvalue weighted by Crippen LogP contribution is -2.19. The highest BCUT2D eigenvalue weighted by molar-refractivity contribution is 5.91. The van der Waals surface area contributed by atoms with Gasteiger partial charge in [-0.1, -0.05) is 6.07 Å². The number of hydrogen-bond donors (Lipinski definition) is 2. The van der Waals surface area contributed by atoms with Crippen LogP contribution in [0.1, 0.15) is 22.5 Å². The second-order valence-corrected chi connectivity index (χ2v) is 5.07. The Morgan fingerprint density at radius 1 is 1.13 bits per heavy atom. The fourth-order valence-electron chi connectivity index (χ4n) is 2.19. The number of aromatic nitrogens is 2. The van der Waals surface area contributed by atoms with Crippen LogP contribution in [0.3, 0.4) is 0 Å². The van der Waals surface area contributed by atoms with E-state index in [9.17, 15) is 4.79 Å². The molecule has 0 saturated heterocycles. The van der Waals surface area contributed by atoms with Gasteiger partial charge in [0.15, 0.2) is 17.2 Å². The van der Waals surface area contributed by atoms with Crippen LogP contribution in [0.4, 0.5) is 5.82 Å². The Labute approximate surface area is 134 Å². The minimum absolute atomic E-state index is 0.257. The van der Waals surface area contributed by atoms with Crippen LogP contribution in [0.2, 0.25) is 0 Å². The van der Waals surface area contributed by atoms with Crippen molar-refractivity contribution in [2.24, 2.45) is 0 Å². The second kappa shape index (κ2) is 6.95. The third-order valence-electron chi connectivity index (χ3n) is 3.41. The maximum atomic E-state index is 11.4. The number of rotatable bonds is 4. The van der Waals surface area contributed by atoms with Crippen molar-refractivity contribution in [2.45, 2.75) is 13.0 Å². The van der Waals surface area contributed by atoms with Crippen LogP contribution < -0.4 is 20.1 Å². The first-order chi connectivity index (χ1) is 11.3. The quantitative estimate of drug-likeness (QED) is 0.892. The van der Waals surface area contributed by atoms with E-state index in [0.29, 0.717) is 25.6 Å². The molecule has 1 aromatic heterocycles. The molecule has 0 atom stereocenters. The van der Waals surface area contributed by atoms with Crippen molar-refractivity contribution in [1.29, 1.82) is 0 Å². The highest BCUT2D eigenvalue weighted by Gasteiger charge is 2.11. The molecule has 0 radical (unpaired) electrons. The van der Waals surface area contributed by atoms with Crippen LogP contribution >= 0.6 is 0 Å². The molecule has 1 amide bonds. The first kappa shape index (κ1) is 15.1. The zero-order chi connectivity index (χ0) is 16.1.